The third kappa shape index (κ3) is 8.54. The molecule has 2 aromatic rings. The highest BCUT2D eigenvalue weighted by Gasteiger charge is 2.29. The van der Waals surface area contributed by atoms with E-state index in [0.717, 1.165) is 30.8 Å². The smallest absolute Gasteiger partial charge is 0.243 e. The minimum atomic E-state index is -0.401. The van der Waals surface area contributed by atoms with Gasteiger partial charge in [0.25, 0.3) is 0 Å². The van der Waals surface area contributed by atoms with E-state index in [2.05, 4.69) is 29.6 Å². The van der Waals surface area contributed by atoms with Crippen molar-refractivity contribution >= 4 is 23.6 Å². The van der Waals surface area contributed by atoms with Gasteiger partial charge in [0.2, 0.25) is 11.8 Å². The minimum Gasteiger partial charge on any atom is -0.352 e. The molecule has 3 rings (SSSR count). The highest BCUT2D eigenvalue weighted by Crippen LogP contribution is 2.19. The van der Waals surface area contributed by atoms with E-state index < -0.39 is 6.04 Å². The second-order valence-corrected chi connectivity index (χ2v) is 9.98. The fourth-order valence-electron chi connectivity index (χ4n) is 4.51. The van der Waals surface area contributed by atoms with Crippen LogP contribution in [0.25, 0.3) is 0 Å². The third-order valence-corrected chi connectivity index (χ3v) is 7.42. The molecule has 1 aliphatic carbocycles. The Morgan fingerprint density at radius 2 is 1.61 bits per heavy atom. The standard InChI is InChI=1S/C28H38N2O2S/c1-2-26(28(32)29-25-16-10-5-11-17-25)30(20-18-23-12-6-3-7-13-23)27(31)19-21-33-22-24-14-8-4-9-15-24/h3-4,6-9,12-15,25-26H,2,5,10-11,16-22H2,1H3,(H,29,32)/t26-/m1/s1. The Labute approximate surface area is 203 Å². The lowest BCUT2D eigenvalue weighted by atomic mass is 9.95. The Bertz CT molecular complexity index is 837. The number of nitrogens with zero attached hydrogens (tertiary/aromatic N) is 1. The van der Waals surface area contributed by atoms with Gasteiger partial charge in [-0.2, -0.15) is 11.8 Å². The Morgan fingerprint density at radius 3 is 2.24 bits per heavy atom. The van der Waals surface area contributed by atoms with Gasteiger partial charge in [-0.3, -0.25) is 9.59 Å². The van der Waals surface area contributed by atoms with Gasteiger partial charge >= 0.3 is 0 Å². The van der Waals surface area contributed by atoms with E-state index in [0.29, 0.717) is 19.4 Å². The van der Waals surface area contributed by atoms with Crippen LogP contribution in [0.15, 0.2) is 60.7 Å². The molecule has 178 valence electrons. The number of hydrogen-bond acceptors (Lipinski definition) is 3. The first kappa shape index (κ1) is 25.4. The molecular formula is C28H38N2O2S. The van der Waals surface area contributed by atoms with Gasteiger partial charge in [0.1, 0.15) is 6.04 Å². The zero-order valence-electron chi connectivity index (χ0n) is 19.9. The van der Waals surface area contributed by atoms with Crippen LogP contribution in [0.2, 0.25) is 0 Å². The van der Waals surface area contributed by atoms with E-state index in [1.165, 1.54) is 30.4 Å². The summed E-state index contributed by atoms with van der Waals surface area (Å²) < 4.78 is 0. The molecule has 1 aliphatic rings. The van der Waals surface area contributed by atoms with Gasteiger partial charge in [0.05, 0.1) is 0 Å². The van der Waals surface area contributed by atoms with Crippen molar-refractivity contribution in [3.63, 3.8) is 0 Å². The Balaban J connectivity index is 1.60. The Morgan fingerprint density at radius 1 is 0.970 bits per heavy atom. The zero-order valence-corrected chi connectivity index (χ0v) is 20.7. The molecule has 1 saturated carbocycles. The molecule has 2 aromatic carbocycles. The van der Waals surface area contributed by atoms with Gasteiger partial charge in [-0.05, 0) is 36.8 Å². The summed E-state index contributed by atoms with van der Waals surface area (Å²) in [5, 5.41) is 3.25. The molecule has 0 aliphatic heterocycles. The monoisotopic (exact) mass is 466 g/mol. The number of hydrogen-bond donors (Lipinski definition) is 1. The lowest BCUT2D eigenvalue weighted by Gasteiger charge is -2.33. The SMILES string of the molecule is CC[C@H](C(=O)NC1CCCCC1)N(CCc1ccccc1)C(=O)CCSCc1ccccc1. The summed E-state index contributed by atoms with van der Waals surface area (Å²) >= 11 is 1.77. The highest BCUT2D eigenvalue weighted by atomic mass is 32.2. The van der Waals surface area contributed by atoms with Crippen LogP contribution in [0.4, 0.5) is 0 Å². The van der Waals surface area contributed by atoms with E-state index in [4.69, 9.17) is 0 Å². The van der Waals surface area contributed by atoms with Crippen LogP contribution < -0.4 is 5.32 Å². The van der Waals surface area contributed by atoms with Crippen molar-refractivity contribution in [1.82, 2.24) is 10.2 Å². The van der Waals surface area contributed by atoms with Crippen molar-refractivity contribution in [2.75, 3.05) is 12.3 Å². The van der Waals surface area contributed by atoms with Crippen molar-refractivity contribution < 1.29 is 9.59 Å². The second-order valence-electron chi connectivity index (χ2n) is 8.88. The molecular weight excluding hydrogens is 428 g/mol. The zero-order chi connectivity index (χ0) is 23.3. The molecule has 0 heterocycles. The second kappa shape index (κ2) is 14.1. The highest BCUT2D eigenvalue weighted by molar-refractivity contribution is 7.98. The van der Waals surface area contributed by atoms with Crippen LogP contribution in [0.1, 0.15) is 63.0 Å². The van der Waals surface area contributed by atoms with Gasteiger partial charge in [-0.25, -0.2) is 0 Å². The number of nitrogens with one attached hydrogen (secondary N) is 1. The first-order valence-electron chi connectivity index (χ1n) is 12.4. The quantitative estimate of drug-likeness (QED) is 0.414. The van der Waals surface area contributed by atoms with Crippen LogP contribution in [-0.2, 0) is 21.8 Å². The van der Waals surface area contributed by atoms with Crippen LogP contribution >= 0.6 is 11.8 Å². The normalized spacial score (nSPS) is 15.1. The topological polar surface area (TPSA) is 49.4 Å². The molecule has 1 fully saturated rings. The van der Waals surface area contributed by atoms with Crippen molar-refractivity contribution in [2.24, 2.45) is 0 Å². The molecule has 0 spiro atoms. The Kier molecular flexibility index (Phi) is 10.8. The van der Waals surface area contributed by atoms with Crippen LogP contribution in [0.5, 0.6) is 0 Å². The average Bonchev–Trinajstić information content (AvgIpc) is 2.86. The maximum atomic E-state index is 13.3. The van der Waals surface area contributed by atoms with E-state index in [-0.39, 0.29) is 17.9 Å². The predicted molar refractivity (Wildman–Crippen MR) is 138 cm³/mol. The molecule has 4 nitrogen and oxygen atoms in total. The number of benzene rings is 2. The van der Waals surface area contributed by atoms with Gasteiger partial charge in [0.15, 0.2) is 0 Å². The van der Waals surface area contributed by atoms with Crippen molar-refractivity contribution in [1.29, 1.82) is 0 Å². The summed E-state index contributed by atoms with van der Waals surface area (Å²) in [5.74, 6) is 1.76. The third-order valence-electron chi connectivity index (χ3n) is 6.39. The molecule has 0 saturated heterocycles. The van der Waals surface area contributed by atoms with Gasteiger partial charge in [0, 0.05) is 30.5 Å². The van der Waals surface area contributed by atoms with Crippen LogP contribution in [-0.4, -0.2) is 41.1 Å². The van der Waals surface area contributed by atoms with E-state index >= 15 is 0 Å². The molecule has 2 amide bonds. The summed E-state index contributed by atoms with van der Waals surface area (Å²) in [5.41, 5.74) is 2.46. The number of amides is 2. The molecule has 1 atom stereocenters. The van der Waals surface area contributed by atoms with Crippen LogP contribution in [0.3, 0.4) is 0 Å². The summed E-state index contributed by atoms with van der Waals surface area (Å²) in [6, 6.07) is 20.4. The fraction of sp³-hybridized carbons (Fsp3) is 0.500. The number of rotatable bonds is 12. The van der Waals surface area contributed by atoms with E-state index in [1.54, 1.807) is 11.8 Å². The molecule has 1 N–H and O–H groups in total. The molecule has 33 heavy (non-hydrogen) atoms. The molecule has 0 unspecified atom stereocenters. The first-order valence-corrected chi connectivity index (χ1v) is 13.6. The lowest BCUT2D eigenvalue weighted by molar-refractivity contribution is -0.140. The van der Waals surface area contributed by atoms with Gasteiger partial charge in [-0.1, -0.05) is 86.8 Å². The lowest BCUT2D eigenvalue weighted by Crippen LogP contribution is -2.52. The summed E-state index contributed by atoms with van der Waals surface area (Å²) in [6.45, 7) is 2.58. The van der Waals surface area contributed by atoms with Crippen molar-refractivity contribution in [3.8, 4) is 0 Å². The maximum absolute atomic E-state index is 13.3. The predicted octanol–water partition coefficient (Wildman–Crippen LogP) is 5.61. The maximum Gasteiger partial charge on any atom is 0.243 e. The van der Waals surface area contributed by atoms with E-state index in [9.17, 15) is 9.59 Å². The molecule has 0 aromatic heterocycles. The number of carbonyl (C=O) groups is 2. The van der Waals surface area contributed by atoms with E-state index in [1.807, 2.05) is 48.2 Å². The summed E-state index contributed by atoms with van der Waals surface area (Å²) in [7, 11) is 0. The van der Waals surface area contributed by atoms with Crippen LogP contribution in [0, 0.1) is 0 Å². The summed E-state index contributed by atoms with van der Waals surface area (Å²) in [4.78, 5) is 28.4. The molecule has 0 bridgehead atoms. The van der Waals surface area contributed by atoms with Gasteiger partial charge in [-0.15, -0.1) is 0 Å². The largest absolute Gasteiger partial charge is 0.352 e. The first-order chi connectivity index (χ1) is 16.2. The Hall–Kier alpha value is -2.27. The summed E-state index contributed by atoms with van der Waals surface area (Å²) in [6.07, 6.45) is 7.57. The number of carbonyl (C=O) groups excluding carboxylic acids is 2. The number of thioether (sulfide) groups is 1. The van der Waals surface area contributed by atoms with Crippen molar-refractivity contribution in [3.05, 3.63) is 71.8 Å². The molecule has 5 heteroatoms. The van der Waals surface area contributed by atoms with Crippen molar-refractivity contribution in [2.45, 2.75) is 76.1 Å². The molecule has 0 radical (unpaired) electrons. The van der Waals surface area contributed by atoms with Gasteiger partial charge < -0.3 is 10.2 Å². The average molecular weight is 467 g/mol. The minimum absolute atomic E-state index is 0.0164. The fourth-order valence-corrected chi connectivity index (χ4v) is 5.40.